The number of nitrogens with one attached hydrogen (secondary N) is 1. The molecule has 0 aliphatic heterocycles. The fourth-order valence-corrected chi connectivity index (χ4v) is 5.40. The van der Waals surface area contributed by atoms with Gasteiger partial charge in [0.1, 0.15) is 0 Å². The summed E-state index contributed by atoms with van der Waals surface area (Å²) in [5.41, 5.74) is 1.47. The second-order valence-corrected chi connectivity index (χ2v) is 10.5. The Balaban J connectivity index is 0.000000178. The van der Waals surface area contributed by atoms with Crippen LogP contribution in [0.5, 0.6) is 0 Å². The molecule has 1 aromatic rings. The Bertz CT molecular complexity index is 729. The maximum atomic E-state index is 4.64. The highest BCUT2D eigenvalue weighted by atomic mass is 14.9. The molecule has 0 amide bonds. The first-order valence-electron chi connectivity index (χ1n) is 13.0. The number of rotatable bonds is 6. The zero-order valence-corrected chi connectivity index (χ0v) is 20.0. The van der Waals surface area contributed by atoms with Crippen LogP contribution in [0.2, 0.25) is 0 Å². The molecule has 168 valence electrons. The van der Waals surface area contributed by atoms with E-state index in [4.69, 9.17) is 0 Å². The topological polar surface area (TPSA) is 24.9 Å². The predicted octanol–water partition coefficient (Wildman–Crippen LogP) is 5.93. The van der Waals surface area contributed by atoms with Crippen molar-refractivity contribution in [1.82, 2.24) is 10.3 Å². The summed E-state index contributed by atoms with van der Waals surface area (Å²) >= 11 is 0. The lowest BCUT2D eigenvalue weighted by molar-refractivity contribution is 0.330. The largest absolute Gasteiger partial charge is 0.316 e. The van der Waals surface area contributed by atoms with Crippen LogP contribution in [0.3, 0.4) is 0 Å². The van der Waals surface area contributed by atoms with E-state index in [-0.39, 0.29) is 0 Å². The van der Waals surface area contributed by atoms with Crippen LogP contribution in [0.1, 0.15) is 109 Å². The molecule has 3 aliphatic carbocycles. The molecule has 2 saturated carbocycles. The number of hydrogen-bond acceptors (Lipinski definition) is 2. The van der Waals surface area contributed by atoms with Crippen LogP contribution < -0.4 is 15.9 Å². The predicted molar refractivity (Wildman–Crippen MR) is 131 cm³/mol. The van der Waals surface area contributed by atoms with Crippen LogP contribution in [-0.2, 0) is 0 Å². The molecule has 0 aromatic carbocycles. The molecule has 1 aromatic heterocycles. The SMILES string of the molecule is CC(C)CCNCC1CCCCC1.C[C@H]1CCCCC1c1cnc2c(c1)=CCCC=2. The Morgan fingerprint density at radius 1 is 0.967 bits per heavy atom. The van der Waals surface area contributed by atoms with Gasteiger partial charge in [-0.2, -0.15) is 0 Å². The third-order valence-electron chi connectivity index (χ3n) is 7.44. The molecule has 2 atom stereocenters. The summed E-state index contributed by atoms with van der Waals surface area (Å²) in [6, 6.07) is 2.39. The average molecular weight is 411 g/mol. The van der Waals surface area contributed by atoms with Crippen LogP contribution >= 0.6 is 0 Å². The smallest absolute Gasteiger partial charge is 0.0659 e. The van der Waals surface area contributed by atoms with E-state index < -0.39 is 0 Å². The van der Waals surface area contributed by atoms with E-state index in [9.17, 15) is 0 Å². The lowest BCUT2D eigenvalue weighted by atomic mass is 9.77. The van der Waals surface area contributed by atoms with Gasteiger partial charge in [-0.25, -0.2) is 0 Å². The minimum Gasteiger partial charge on any atom is -0.316 e. The summed E-state index contributed by atoms with van der Waals surface area (Å²) in [6.45, 7) is 9.48. The molecule has 1 N–H and O–H groups in total. The van der Waals surface area contributed by atoms with Crippen LogP contribution in [0.4, 0.5) is 0 Å². The van der Waals surface area contributed by atoms with Gasteiger partial charge < -0.3 is 5.32 Å². The van der Waals surface area contributed by atoms with Crippen molar-refractivity contribution in [3.05, 3.63) is 28.4 Å². The van der Waals surface area contributed by atoms with E-state index >= 15 is 0 Å². The van der Waals surface area contributed by atoms with Gasteiger partial charge in [0.2, 0.25) is 0 Å². The Hall–Kier alpha value is -1.15. The van der Waals surface area contributed by atoms with E-state index in [2.05, 4.69) is 55.5 Å². The molecule has 0 bridgehead atoms. The van der Waals surface area contributed by atoms with Gasteiger partial charge in [-0.05, 0) is 92.1 Å². The van der Waals surface area contributed by atoms with Crippen molar-refractivity contribution in [2.75, 3.05) is 13.1 Å². The number of fused-ring (bicyclic) bond motifs is 1. The van der Waals surface area contributed by atoms with Crippen molar-refractivity contribution in [3.8, 4) is 0 Å². The van der Waals surface area contributed by atoms with Gasteiger partial charge in [0, 0.05) is 6.20 Å². The van der Waals surface area contributed by atoms with E-state index in [1.165, 1.54) is 99.8 Å². The molecule has 1 unspecified atom stereocenters. The molecule has 4 rings (SSSR count). The van der Waals surface area contributed by atoms with Crippen LogP contribution in [0.25, 0.3) is 12.2 Å². The highest BCUT2D eigenvalue weighted by Crippen LogP contribution is 2.36. The number of nitrogens with zero attached hydrogens (tertiary/aromatic N) is 1. The molecular weight excluding hydrogens is 364 g/mol. The van der Waals surface area contributed by atoms with Crippen molar-refractivity contribution in [1.29, 1.82) is 0 Å². The molecule has 1 heterocycles. The van der Waals surface area contributed by atoms with Gasteiger partial charge in [-0.15, -0.1) is 0 Å². The van der Waals surface area contributed by atoms with E-state index in [1.54, 1.807) is 0 Å². The minimum absolute atomic E-state index is 0.747. The molecule has 30 heavy (non-hydrogen) atoms. The first-order chi connectivity index (χ1) is 14.6. The lowest BCUT2D eigenvalue weighted by Gasteiger charge is -2.28. The third kappa shape index (κ3) is 7.52. The van der Waals surface area contributed by atoms with E-state index in [0.717, 1.165) is 30.1 Å². The summed E-state index contributed by atoms with van der Waals surface area (Å²) in [5, 5.41) is 6.15. The normalized spacial score (nSPS) is 24.3. The third-order valence-corrected chi connectivity index (χ3v) is 7.44. The van der Waals surface area contributed by atoms with Gasteiger partial charge >= 0.3 is 0 Å². The second-order valence-electron chi connectivity index (χ2n) is 10.5. The standard InChI is InChI=1S/C16H21N.C12H25N/c1-12-6-2-4-8-15(12)14-10-13-7-3-5-9-16(13)17-11-14;1-11(2)8-9-13-10-12-6-4-3-5-7-12/h7,9-12,15H,2-6,8H2,1H3;11-13H,3-10H2,1-2H3/t12-,15?;/m0./s1. The van der Waals surface area contributed by atoms with E-state index in [0.29, 0.717) is 0 Å². The first kappa shape index (κ1) is 23.5. The zero-order chi connectivity index (χ0) is 21.2. The van der Waals surface area contributed by atoms with Crippen LogP contribution in [-0.4, -0.2) is 18.1 Å². The van der Waals surface area contributed by atoms with Crippen LogP contribution in [0, 0.1) is 17.8 Å². The quantitative estimate of drug-likeness (QED) is 0.588. The molecule has 2 fully saturated rings. The van der Waals surface area contributed by atoms with Gasteiger partial charge in [0.05, 0.1) is 5.35 Å². The van der Waals surface area contributed by atoms with Crippen molar-refractivity contribution >= 4 is 12.2 Å². The van der Waals surface area contributed by atoms with Crippen LogP contribution in [0.15, 0.2) is 12.3 Å². The maximum absolute atomic E-state index is 4.64. The minimum atomic E-state index is 0.747. The summed E-state index contributed by atoms with van der Waals surface area (Å²) in [7, 11) is 0. The summed E-state index contributed by atoms with van der Waals surface area (Å²) < 4.78 is 0. The van der Waals surface area contributed by atoms with Gasteiger partial charge in [-0.1, -0.05) is 71.4 Å². The van der Waals surface area contributed by atoms with Crippen molar-refractivity contribution < 1.29 is 0 Å². The molecule has 0 radical (unpaired) electrons. The zero-order valence-electron chi connectivity index (χ0n) is 20.0. The molecule has 3 aliphatic rings. The Morgan fingerprint density at radius 2 is 1.70 bits per heavy atom. The summed E-state index contributed by atoms with van der Waals surface area (Å²) in [6.07, 6.45) is 23.3. The Labute approximate surface area is 185 Å². The Morgan fingerprint density at radius 3 is 2.47 bits per heavy atom. The van der Waals surface area contributed by atoms with Crippen molar-refractivity contribution in [3.63, 3.8) is 0 Å². The van der Waals surface area contributed by atoms with Crippen molar-refractivity contribution in [2.24, 2.45) is 17.8 Å². The molecule has 2 nitrogen and oxygen atoms in total. The second kappa shape index (κ2) is 12.6. The monoisotopic (exact) mass is 410 g/mol. The van der Waals surface area contributed by atoms with Gasteiger partial charge in [0.15, 0.2) is 0 Å². The average Bonchev–Trinajstić information content (AvgIpc) is 2.78. The van der Waals surface area contributed by atoms with E-state index in [1.807, 2.05) is 0 Å². The molecule has 0 spiro atoms. The fourth-order valence-electron chi connectivity index (χ4n) is 5.40. The summed E-state index contributed by atoms with van der Waals surface area (Å²) in [4.78, 5) is 4.64. The number of hydrogen-bond donors (Lipinski definition) is 1. The molecular formula is C28H46N2. The van der Waals surface area contributed by atoms with Gasteiger partial charge in [-0.3, -0.25) is 4.98 Å². The maximum Gasteiger partial charge on any atom is 0.0659 e. The number of aromatic nitrogens is 1. The lowest BCUT2D eigenvalue weighted by Crippen LogP contribution is -2.31. The molecule has 2 heteroatoms. The van der Waals surface area contributed by atoms with Crippen molar-refractivity contribution in [2.45, 2.75) is 104 Å². The number of pyridine rings is 1. The highest BCUT2D eigenvalue weighted by molar-refractivity contribution is 5.37. The first-order valence-corrected chi connectivity index (χ1v) is 13.0. The summed E-state index contributed by atoms with van der Waals surface area (Å²) in [5.74, 6) is 3.41. The Kier molecular flexibility index (Phi) is 9.91. The molecule has 0 saturated heterocycles. The van der Waals surface area contributed by atoms with Gasteiger partial charge in [0.25, 0.3) is 0 Å². The highest BCUT2D eigenvalue weighted by Gasteiger charge is 2.23. The fraction of sp³-hybridized carbons (Fsp3) is 0.750.